The minimum Gasteiger partial charge on any atom is -0.322 e. The van der Waals surface area contributed by atoms with Crippen LogP contribution in [0.15, 0.2) is 0 Å². The van der Waals surface area contributed by atoms with Gasteiger partial charge in [-0.1, -0.05) is 0 Å². The number of hydrogen-bond acceptors (Lipinski definition) is 2. The molecule has 0 radical (unpaired) electrons. The van der Waals surface area contributed by atoms with Crippen LogP contribution in [0, 0.1) is 0 Å². The fourth-order valence-corrected chi connectivity index (χ4v) is 1.43. The Hall–Kier alpha value is -0.980. The summed E-state index contributed by atoms with van der Waals surface area (Å²) in [5.74, 6) is 0. The zero-order valence-corrected chi connectivity index (χ0v) is 8.47. The second-order valence-corrected chi connectivity index (χ2v) is 3.49. The lowest BCUT2D eigenvalue weighted by atomic mass is 10.4. The van der Waals surface area contributed by atoms with Gasteiger partial charge in [0.05, 0.1) is 0 Å². The van der Waals surface area contributed by atoms with E-state index in [1.807, 2.05) is 0 Å². The topological polar surface area (TPSA) is 35.6 Å². The zero-order valence-electron chi connectivity index (χ0n) is 8.47. The van der Waals surface area contributed by atoms with Gasteiger partial charge >= 0.3 is 12.2 Å². The first-order valence-electron chi connectivity index (χ1n) is 4.67. The average Bonchev–Trinajstić information content (AvgIpc) is 2.15. The molecule has 15 heavy (non-hydrogen) atoms. The maximum absolute atomic E-state index is 12.0. The number of nitrogens with one attached hydrogen (secondary N) is 1. The number of alkyl halides is 3. The third kappa shape index (κ3) is 3.94. The maximum Gasteiger partial charge on any atom is 0.406 e. The molecule has 0 spiro atoms. The summed E-state index contributed by atoms with van der Waals surface area (Å²) >= 11 is 0. The third-order valence-electron chi connectivity index (χ3n) is 2.13. The minimum absolute atomic E-state index is 0.459. The van der Waals surface area contributed by atoms with Crippen molar-refractivity contribution in [3.63, 3.8) is 0 Å². The normalized spacial score (nSPS) is 17.7. The van der Waals surface area contributed by atoms with Crippen molar-refractivity contribution in [1.82, 2.24) is 15.1 Å². The highest BCUT2D eigenvalue weighted by atomic mass is 19.4. The van der Waals surface area contributed by atoms with E-state index in [0.717, 1.165) is 7.05 Å². The molecule has 0 bridgehead atoms. The number of halogens is 3. The Morgan fingerprint density at radius 3 is 2.40 bits per heavy atom. The summed E-state index contributed by atoms with van der Waals surface area (Å²) in [6.45, 7) is 0.981. The van der Waals surface area contributed by atoms with Gasteiger partial charge < -0.3 is 15.1 Å². The Bertz CT molecular complexity index is 226. The number of amides is 2. The Balaban J connectivity index is 2.44. The van der Waals surface area contributed by atoms with E-state index in [4.69, 9.17) is 0 Å². The molecular weight excluding hydrogens is 211 g/mol. The predicted molar refractivity (Wildman–Crippen MR) is 48.5 cm³/mol. The number of piperazine rings is 1. The largest absolute Gasteiger partial charge is 0.406 e. The first-order chi connectivity index (χ1) is 6.90. The Labute approximate surface area is 86.0 Å². The van der Waals surface area contributed by atoms with Crippen molar-refractivity contribution in [3.05, 3.63) is 0 Å². The molecule has 7 heteroatoms. The molecule has 2 amide bonds. The standard InChI is InChI=1S/C8H14F3N3O/c1-13(6-8(9,10)11)7(15)14-4-2-12-3-5-14/h12H,2-6H2,1H3. The summed E-state index contributed by atoms with van der Waals surface area (Å²) in [6.07, 6.45) is -4.33. The van der Waals surface area contributed by atoms with Crippen molar-refractivity contribution < 1.29 is 18.0 Å². The predicted octanol–water partition coefficient (Wildman–Crippen LogP) is 0.506. The van der Waals surface area contributed by atoms with Crippen molar-refractivity contribution in [2.24, 2.45) is 0 Å². The molecule has 1 aliphatic heterocycles. The van der Waals surface area contributed by atoms with E-state index < -0.39 is 18.8 Å². The molecule has 1 N–H and O–H groups in total. The van der Waals surface area contributed by atoms with Crippen molar-refractivity contribution in [2.75, 3.05) is 39.8 Å². The van der Waals surface area contributed by atoms with Crippen LogP contribution in [0.1, 0.15) is 0 Å². The lowest BCUT2D eigenvalue weighted by Crippen LogP contribution is -2.52. The number of carbonyl (C=O) groups is 1. The van der Waals surface area contributed by atoms with Gasteiger partial charge in [-0.05, 0) is 0 Å². The van der Waals surface area contributed by atoms with E-state index in [9.17, 15) is 18.0 Å². The highest BCUT2D eigenvalue weighted by Crippen LogP contribution is 2.16. The average molecular weight is 225 g/mol. The fourth-order valence-electron chi connectivity index (χ4n) is 1.43. The van der Waals surface area contributed by atoms with Crippen molar-refractivity contribution in [1.29, 1.82) is 0 Å². The summed E-state index contributed by atoms with van der Waals surface area (Å²) in [5.41, 5.74) is 0. The molecule has 0 aromatic heterocycles. The van der Waals surface area contributed by atoms with Crippen LogP contribution in [-0.4, -0.2) is 61.8 Å². The van der Waals surface area contributed by atoms with Crippen LogP contribution in [0.25, 0.3) is 0 Å². The zero-order chi connectivity index (χ0) is 11.5. The van der Waals surface area contributed by atoms with E-state index in [1.54, 1.807) is 0 Å². The minimum atomic E-state index is -4.33. The second kappa shape index (κ2) is 4.69. The molecule has 0 unspecified atom stereocenters. The van der Waals surface area contributed by atoms with Gasteiger partial charge in [0.15, 0.2) is 0 Å². The molecule has 1 aliphatic rings. The van der Waals surface area contributed by atoms with Gasteiger partial charge in [-0.3, -0.25) is 0 Å². The molecule has 1 saturated heterocycles. The molecule has 0 atom stereocenters. The Kier molecular flexibility index (Phi) is 3.78. The van der Waals surface area contributed by atoms with Crippen LogP contribution in [0.5, 0.6) is 0 Å². The van der Waals surface area contributed by atoms with Crippen LogP contribution < -0.4 is 5.32 Å². The van der Waals surface area contributed by atoms with Gasteiger partial charge in [-0.25, -0.2) is 4.79 Å². The molecule has 0 aromatic rings. The Morgan fingerprint density at radius 1 is 1.40 bits per heavy atom. The molecule has 4 nitrogen and oxygen atoms in total. The summed E-state index contributed by atoms with van der Waals surface area (Å²) in [4.78, 5) is 13.6. The van der Waals surface area contributed by atoms with Gasteiger partial charge in [0.1, 0.15) is 6.54 Å². The molecule has 1 rings (SSSR count). The SMILES string of the molecule is CN(CC(F)(F)F)C(=O)N1CCNCC1. The van der Waals surface area contributed by atoms with E-state index in [-0.39, 0.29) is 0 Å². The number of rotatable bonds is 1. The summed E-state index contributed by atoms with van der Waals surface area (Å²) < 4.78 is 36.0. The van der Waals surface area contributed by atoms with E-state index in [1.165, 1.54) is 4.90 Å². The van der Waals surface area contributed by atoms with Crippen LogP contribution in [0.3, 0.4) is 0 Å². The van der Waals surface area contributed by atoms with Crippen molar-refractivity contribution in [3.8, 4) is 0 Å². The molecule has 0 aliphatic carbocycles. The van der Waals surface area contributed by atoms with E-state index in [0.29, 0.717) is 31.1 Å². The first kappa shape index (κ1) is 12.1. The van der Waals surface area contributed by atoms with E-state index >= 15 is 0 Å². The molecule has 1 fully saturated rings. The first-order valence-corrected chi connectivity index (χ1v) is 4.67. The molecule has 88 valence electrons. The smallest absolute Gasteiger partial charge is 0.322 e. The molecule has 0 saturated carbocycles. The van der Waals surface area contributed by atoms with Crippen molar-refractivity contribution in [2.45, 2.75) is 6.18 Å². The maximum atomic E-state index is 12.0. The highest BCUT2D eigenvalue weighted by Gasteiger charge is 2.32. The fraction of sp³-hybridized carbons (Fsp3) is 0.875. The summed E-state index contributed by atoms with van der Waals surface area (Å²) in [7, 11) is 1.16. The number of urea groups is 1. The molecule has 0 aromatic carbocycles. The van der Waals surface area contributed by atoms with Crippen LogP contribution in [0.4, 0.5) is 18.0 Å². The molecule has 1 heterocycles. The van der Waals surface area contributed by atoms with Crippen LogP contribution in [0.2, 0.25) is 0 Å². The monoisotopic (exact) mass is 225 g/mol. The number of nitrogens with zero attached hydrogens (tertiary/aromatic N) is 2. The summed E-state index contributed by atoms with van der Waals surface area (Å²) in [5, 5.41) is 3.02. The number of carbonyl (C=O) groups excluding carboxylic acids is 1. The van der Waals surface area contributed by atoms with Gasteiger partial charge in [-0.2, -0.15) is 13.2 Å². The lowest BCUT2D eigenvalue weighted by Gasteiger charge is -2.31. The quantitative estimate of drug-likeness (QED) is 0.705. The van der Waals surface area contributed by atoms with Crippen LogP contribution in [-0.2, 0) is 0 Å². The third-order valence-corrected chi connectivity index (χ3v) is 2.13. The van der Waals surface area contributed by atoms with Gasteiger partial charge in [-0.15, -0.1) is 0 Å². The van der Waals surface area contributed by atoms with Gasteiger partial charge in [0, 0.05) is 33.2 Å². The molecular formula is C8H14F3N3O. The Morgan fingerprint density at radius 2 is 1.93 bits per heavy atom. The van der Waals surface area contributed by atoms with Crippen LogP contribution >= 0.6 is 0 Å². The van der Waals surface area contributed by atoms with E-state index in [2.05, 4.69) is 5.32 Å². The highest BCUT2D eigenvalue weighted by molar-refractivity contribution is 5.74. The lowest BCUT2D eigenvalue weighted by molar-refractivity contribution is -0.138. The number of hydrogen-bond donors (Lipinski definition) is 1. The summed E-state index contributed by atoms with van der Waals surface area (Å²) in [6, 6.07) is -0.561. The van der Waals surface area contributed by atoms with Gasteiger partial charge in [0.25, 0.3) is 0 Å². The van der Waals surface area contributed by atoms with Crippen molar-refractivity contribution >= 4 is 6.03 Å². The second-order valence-electron chi connectivity index (χ2n) is 3.49. The van der Waals surface area contributed by atoms with Gasteiger partial charge in [0.2, 0.25) is 0 Å².